The van der Waals surface area contributed by atoms with Gasteiger partial charge >= 0.3 is 0 Å². The lowest BCUT2D eigenvalue weighted by Gasteiger charge is -2.11. The molecule has 0 unspecified atom stereocenters. The van der Waals surface area contributed by atoms with Crippen LogP contribution in [-0.2, 0) is 13.0 Å². The number of nitrogens with zero attached hydrogens (tertiary/aromatic N) is 4. The van der Waals surface area contributed by atoms with E-state index in [-0.39, 0.29) is 0 Å². The molecular weight excluding hydrogens is 304 g/mol. The molecule has 3 rings (SSSR count). The summed E-state index contributed by atoms with van der Waals surface area (Å²) < 4.78 is 7.17. The van der Waals surface area contributed by atoms with Gasteiger partial charge in [-0.05, 0) is 23.8 Å². The van der Waals surface area contributed by atoms with Gasteiger partial charge in [0, 0.05) is 45.1 Å². The first kappa shape index (κ1) is 15.8. The molecule has 0 bridgehead atoms. The number of rotatable bonds is 6. The molecular formula is C17H20N6O. The first-order valence-electron chi connectivity index (χ1n) is 7.75. The Morgan fingerprint density at radius 2 is 2.25 bits per heavy atom. The minimum Gasteiger partial charge on any atom is -0.469 e. The molecule has 0 aliphatic carbocycles. The van der Waals surface area contributed by atoms with Gasteiger partial charge in [0.2, 0.25) is 0 Å². The van der Waals surface area contributed by atoms with Crippen LogP contribution in [0.15, 0.2) is 64.9 Å². The molecule has 2 N–H and O–H groups in total. The molecule has 0 aliphatic rings. The number of pyridine rings is 1. The van der Waals surface area contributed by atoms with Gasteiger partial charge in [0.15, 0.2) is 5.96 Å². The van der Waals surface area contributed by atoms with Crippen LogP contribution < -0.4 is 10.6 Å². The Morgan fingerprint density at radius 1 is 1.29 bits per heavy atom. The van der Waals surface area contributed by atoms with Crippen molar-refractivity contribution < 1.29 is 4.42 Å². The van der Waals surface area contributed by atoms with E-state index < -0.39 is 0 Å². The van der Waals surface area contributed by atoms with Gasteiger partial charge in [-0.25, -0.2) is 9.97 Å². The van der Waals surface area contributed by atoms with Gasteiger partial charge in [-0.15, -0.1) is 0 Å². The summed E-state index contributed by atoms with van der Waals surface area (Å²) in [7, 11) is 1.75. The van der Waals surface area contributed by atoms with E-state index in [1.807, 2.05) is 41.2 Å². The molecule has 3 aromatic heterocycles. The molecule has 0 saturated carbocycles. The summed E-state index contributed by atoms with van der Waals surface area (Å²) in [5, 5.41) is 6.53. The Morgan fingerprint density at radius 3 is 2.92 bits per heavy atom. The number of guanidine groups is 1. The number of aromatic nitrogens is 3. The second-order valence-electron chi connectivity index (χ2n) is 5.18. The Balaban J connectivity index is 1.46. The van der Waals surface area contributed by atoms with Gasteiger partial charge in [-0.1, -0.05) is 6.07 Å². The SMILES string of the molecule is CN=C(NCCc1ccco1)NCc1ccc(-n2ccnc2)nc1. The minimum atomic E-state index is 0.650. The summed E-state index contributed by atoms with van der Waals surface area (Å²) in [6.07, 6.45) is 9.67. The second-order valence-corrected chi connectivity index (χ2v) is 5.18. The van der Waals surface area contributed by atoms with E-state index in [2.05, 4.69) is 25.6 Å². The van der Waals surface area contributed by atoms with Gasteiger partial charge in [0.05, 0.1) is 6.26 Å². The van der Waals surface area contributed by atoms with Crippen LogP contribution in [0.4, 0.5) is 0 Å². The second kappa shape index (κ2) is 7.96. The molecule has 3 aromatic rings. The highest BCUT2D eigenvalue weighted by atomic mass is 16.3. The van der Waals surface area contributed by atoms with Crippen LogP contribution >= 0.6 is 0 Å². The van der Waals surface area contributed by atoms with Crippen molar-refractivity contribution in [2.45, 2.75) is 13.0 Å². The van der Waals surface area contributed by atoms with Crippen molar-refractivity contribution in [3.05, 3.63) is 66.8 Å². The van der Waals surface area contributed by atoms with Crippen molar-refractivity contribution >= 4 is 5.96 Å². The Kier molecular flexibility index (Phi) is 5.24. The van der Waals surface area contributed by atoms with Crippen LogP contribution in [-0.4, -0.2) is 34.1 Å². The average molecular weight is 324 g/mol. The molecule has 7 heteroatoms. The molecule has 0 radical (unpaired) electrons. The van der Waals surface area contributed by atoms with Crippen molar-refractivity contribution in [1.82, 2.24) is 25.2 Å². The molecule has 124 valence electrons. The number of nitrogens with one attached hydrogen (secondary N) is 2. The van der Waals surface area contributed by atoms with Crippen molar-refractivity contribution in [2.24, 2.45) is 4.99 Å². The van der Waals surface area contributed by atoms with Gasteiger partial charge in [0.1, 0.15) is 17.9 Å². The molecule has 3 heterocycles. The molecule has 0 aromatic carbocycles. The largest absolute Gasteiger partial charge is 0.469 e. The van der Waals surface area contributed by atoms with E-state index in [0.717, 1.165) is 36.1 Å². The Labute approximate surface area is 140 Å². The van der Waals surface area contributed by atoms with E-state index in [1.54, 1.807) is 25.8 Å². The van der Waals surface area contributed by atoms with Gasteiger partial charge in [-0.2, -0.15) is 0 Å². The molecule has 24 heavy (non-hydrogen) atoms. The fourth-order valence-electron chi connectivity index (χ4n) is 2.23. The van der Waals surface area contributed by atoms with Crippen molar-refractivity contribution in [3.63, 3.8) is 0 Å². The molecule has 0 aliphatic heterocycles. The van der Waals surface area contributed by atoms with Crippen LogP contribution in [0, 0.1) is 0 Å². The van der Waals surface area contributed by atoms with Crippen LogP contribution in [0.1, 0.15) is 11.3 Å². The van der Waals surface area contributed by atoms with Crippen LogP contribution in [0.2, 0.25) is 0 Å². The van der Waals surface area contributed by atoms with Crippen LogP contribution in [0.5, 0.6) is 0 Å². The van der Waals surface area contributed by atoms with E-state index in [9.17, 15) is 0 Å². The fourth-order valence-corrected chi connectivity index (χ4v) is 2.23. The molecule has 0 saturated heterocycles. The lowest BCUT2D eigenvalue weighted by Crippen LogP contribution is -2.37. The van der Waals surface area contributed by atoms with Crippen molar-refractivity contribution in [1.29, 1.82) is 0 Å². The lowest BCUT2D eigenvalue weighted by molar-refractivity contribution is 0.507. The Bertz CT molecular complexity index is 747. The average Bonchev–Trinajstić information content (AvgIpc) is 3.32. The van der Waals surface area contributed by atoms with Crippen LogP contribution in [0.25, 0.3) is 5.82 Å². The number of furan rings is 1. The quantitative estimate of drug-likeness (QED) is 0.533. The molecule has 0 fully saturated rings. The highest BCUT2D eigenvalue weighted by Crippen LogP contribution is 2.05. The number of hydrogen-bond acceptors (Lipinski definition) is 4. The summed E-state index contributed by atoms with van der Waals surface area (Å²) in [6.45, 7) is 1.41. The van der Waals surface area contributed by atoms with E-state index in [4.69, 9.17) is 4.42 Å². The summed E-state index contributed by atoms with van der Waals surface area (Å²) in [5.74, 6) is 2.55. The first-order valence-corrected chi connectivity index (χ1v) is 7.75. The predicted octanol–water partition coefficient (Wildman–Crippen LogP) is 1.77. The molecule has 0 amide bonds. The fraction of sp³-hybridized carbons (Fsp3) is 0.235. The minimum absolute atomic E-state index is 0.650. The number of imidazole rings is 1. The third-order valence-corrected chi connectivity index (χ3v) is 3.51. The smallest absolute Gasteiger partial charge is 0.191 e. The zero-order chi connectivity index (χ0) is 16.6. The van der Waals surface area contributed by atoms with E-state index >= 15 is 0 Å². The number of aliphatic imine (C=N–C) groups is 1. The van der Waals surface area contributed by atoms with E-state index in [1.165, 1.54) is 0 Å². The number of hydrogen-bond donors (Lipinski definition) is 2. The van der Waals surface area contributed by atoms with Crippen molar-refractivity contribution in [2.75, 3.05) is 13.6 Å². The molecule has 0 atom stereocenters. The maximum atomic E-state index is 5.31. The third-order valence-electron chi connectivity index (χ3n) is 3.51. The first-order chi connectivity index (χ1) is 11.8. The molecule has 0 spiro atoms. The van der Waals surface area contributed by atoms with Gasteiger partial charge in [0.25, 0.3) is 0 Å². The summed E-state index contributed by atoms with van der Waals surface area (Å²) in [6, 6.07) is 7.85. The maximum absolute atomic E-state index is 5.31. The highest BCUT2D eigenvalue weighted by Gasteiger charge is 2.01. The zero-order valence-electron chi connectivity index (χ0n) is 13.5. The normalized spacial score (nSPS) is 11.5. The van der Waals surface area contributed by atoms with E-state index in [0.29, 0.717) is 6.54 Å². The standard InChI is InChI=1S/C17H20N6O/c1-18-17(20-7-6-15-3-2-10-24-15)22-12-14-4-5-16(21-11-14)23-9-8-19-13-23/h2-5,8-11,13H,6-7,12H2,1H3,(H2,18,20,22). The maximum Gasteiger partial charge on any atom is 0.191 e. The van der Waals surface area contributed by atoms with Crippen LogP contribution in [0.3, 0.4) is 0 Å². The summed E-state index contributed by atoms with van der Waals surface area (Å²) in [5.41, 5.74) is 1.08. The molecule has 7 nitrogen and oxygen atoms in total. The van der Waals surface area contributed by atoms with Gasteiger partial charge in [-0.3, -0.25) is 9.56 Å². The van der Waals surface area contributed by atoms with Crippen molar-refractivity contribution in [3.8, 4) is 5.82 Å². The predicted molar refractivity (Wildman–Crippen MR) is 92.0 cm³/mol. The Hall–Kier alpha value is -3.09. The summed E-state index contributed by atoms with van der Waals surface area (Å²) in [4.78, 5) is 12.7. The zero-order valence-corrected chi connectivity index (χ0v) is 13.5. The monoisotopic (exact) mass is 324 g/mol. The lowest BCUT2D eigenvalue weighted by atomic mass is 10.3. The highest BCUT2D eigenvalue weighted by molar-refractivity contribution is 5.79. The third kappa shape index (κ3) is 4.22. The van der Waals surface area contributed by atoms with Gasteiger partial charge < -0.3 is 15.1 Å². The summed E-state index contributed by atoms with van der Waals surface area (Å²) >= 11 is 0. The topological polar surface area (TPSA) is 80.3 Å².